The monoisotopic (exact) mass is 366 g/mol. The van der Waals surface area contributed by atoms with E-state index >= 15 is 0 Å². The number of amides is 1. The van der Waals surface area contributed by atoms with Gasteiger partial charge in [0.1, 0.15) is 0 Å². The summed E-state index contributed by atoms with van der Waals surface area (Å²) in [7, 11) is 2.15. The normalized spacial score (nSPS) is 18.0. The van der Waals surface area contributed by atoms with Crippen LogP contribution < -0.4 is 5.32 Å². The Morgan fingerprint density at radius 3 is 2.81 bits per heavy atom. The molecule has 4 rings (SSSR count). The number of nitrogens with one attached hydrogen (secondary N) is 1. The molecule has 0 bridgehead atoms. The van der Waals surface area contributed by atoms with Crippen LogP contribution in [0.25, 0.3) is 5.69 Å². The van der Waals surface area contributed by atoms with Gasteiger partial charge in [0.2, 0.25) is 0 Å². The van der Waals surface area contributed by atoms with E-state index in [2.05, 4.69) is 23.5 Å². The van der Waals surface area contributed by atoms with Gasteiger partial charge in [-0.05, 0) is 50.0 Å². The summed E-state index contributed by atoms with van der Waals surface area (Å²) in [6, 6.07) is 13.7. The molecule has 1 saturated heterocycles. The number of thiophene rings is 1. The maximum Gasteiger partial charge on any atom is 0.266 e. The molecule has 2 aromatic heterocycles. The molecule has 1 unspecified atom stereocenters. The summed E-state index contributed by atoms with van der Waals surface area (Å²) < 4.78 is 1.87. The number of benzene rings is 1. The molecule has 1 amide bonds. The number of anilines is 1. The Balaban J connectivity index is 1.68. The number of piperidine rings is 1. The zero-order valence-electron chi connectivity index (χ0n) is 14.8. The molecule has 3 heterocycles. The number of likely N-dealkylation sites (N-methyl/N-ethyl adjacent to an activating group) is 1. The Morgan fingerprint density at radius 1 is 1.23 bits per heavy atom. The molecule has 134 valence electrons. The zero-order valence-corrected chi connectivity index (χ0v) is 15.6. The van der Waals surface area contributed by atoms with Gasteiger partial charge in [0.15, 0.2) is 5.82 Å². The highest BCUT2D eigenvalue weighted by molar-refractivity contribution is 7.12. The van der Waals surface area contributed by atoms with Crippen molar-refractivity contribution < 1.29 is 4.79 Å². The molecular formula is C20H22N4OS. The first kappa shape index (κ1) is 17.0. The number of hydrogen-bond donors (Lipinski definition) is 1. The summed E-state index contributed by atoms with van der Waals surface area (Å²) in [6.45, 7) is 2.11. The predicted octanol–water partition coefficient (Wildman–Crippen LogP) is 4.00. The van der Waals surface area contributed by atoms with Crippen LogP contribution >= 0.6 is 11.3 Å². The molecule has 26 heavy (non-hydrogen) atoms. The van der Waals surface area contributed by atoms with Gasteiger partial charge in [-0.25, -0.2) is 4.68 Å². The third kappa shape index (κ3) is 3.57. The van der Waals surface area contributed by atoms with Crippen LogP contribution in [0.4, 0.5) is 5.82 Å². The molecule has 1 atom stereocenters. The molecule has 0 spiro atoms. The molecular weight excluding hydrogens is 344 g/mol. The summed E-state index contributed by atoms with van der Waals surface area (Å²) in [5.41, 5.74) is 2.11. The molecule has 3 aromatic rings. The van der Waals surface area contributed by atoms with Gasteiger partial charge in [-0.15, -0.1) is 16.4 Å². The van der Waals surface area contributed by atoms with E-state index in [0.29, 0.717) is 16.6 Å². The van der Waals surface area contributed by atoms with Crippen molar-refractivity contribution in [2.24, 2.45) is 0 Å². The van der Waals surface area contributed by atoms with Crippen molar-refractivity contribution >= 4 is 23.1 Å². The maximum absolute atomic E-state index is 12.6. The predicted molar refractivity (Wildman–Crippen MR) is 105 cm³/mol. The summed E-state index contributed by atoms with van der Waals surface area (Å²) in [6.07, 6.45) is 4.35. The molecule has 6 heteroatoms. The van der Waals surface area contributed by atoms with E-state index in [1.54, 1.807) is 0 Å². The highest BCUT2D eigenvalue weighted by Crippen LogP contribution is 2.32. The van der Waals surface area contributed by atoms with Gasteiger partial charge in [-0.1, -0.05) is 24.3 Å². The summed E-state index contributed by atoms with van der Waals surface area (Å²) in [4.78, 5) is 15.6. The standard InChI is InChI=1S/C20H22N4OS/c1-23-11-5-7-15(13-23)17-14-24(16-8-3-2-4-9-16)22-19(17)21-20(25)18-10-6-12-26-18/h2-4,6,8-10,12,14-15H,5,7,11,13H2,1H3,(H,21,22,25). The topological polar surface area (TPSA) is 50.2 Å². The van der Waals surface area contributed by atoms with E-state index in [1.165, 1.54) is 11.3 Å². The van der Waals surface area contributed by atoms with Crippen LogP contribution in [0.5, 0.6) is 0 Å². The van der Waals surface area contributed by atoms with Crippen LogP contribution in [0, 0.1) is 0 Å². The molecule has 1 fully saturated rings. The van der Waals surface area contributed by atoms with Crippen molar-refractivity contribution in [2.75, 3.05) is 25.5 Å². The summed E-state index contributed by atoms with van der Waals surface area (Å²) in [5.74, 6) is 0.959. The van der Waals surface area contributed by atoms with Crippen molar-refractivity contribution in [2.45, 2.75) is 18.8 Å². The SMILES string of the molecule is CN1CCCC(c2cn(-c3ccccc3)nc2NC(=O)c2cccs2)C1. The van der Waals surface area contributed by atoms with E-state index in [4.69, 9.17) is 5.10 Å². The average molecular weight is 366 g/mol. The Kier molecular flexibility index (Phi) is 4.86. The van der Waals surface area contributed by atoms with Gasteiger partial charge in [-0.3, -0.25) is 4.79 Å². The fourth-order valence-corrected chi connectivity index (χ4v) is 4.11. The van der Waals surface area contributed by atoms with Crippen molar-refractivity contribution in [3.05, 3.63) is 64.5 Å². The minimum Gasteiger partial charge on any atom is -0.306 e. The second-order valence-corrected chi connectivity index (χ2v) is 7.69. The summed E-state index contributed by atoms with van der Waals surface area (Å²) in [5, 5.41) is 9.65. The second-order valence-electron chi connectivity index (χ2n) is 6.75. The Labute approximate surface area is 157 Å². The highest BCUT2D eigenvalue weighted by atomic mass is 32.1. The Bertz CT molecular complexity index is 873. The van der Waals surface area contributed by atoms with E-state index < -0.39 is 0 Å². The molecule has 0 saturated carbocycles. The molecule has 0 aliphatic carbocycles. The maximum atomic E-state index is 12.6. The lowest BCUT2D eigenvalue weighted by Gasteiger charge is -2.29. The lowest BCUT2D eigenvalue weighted by Crippen LogP contribution is -2.31. The van der Waals surface area contributed by atoms with Crippen LogP contribution in [0.3, 0.4) is 0 Å². The number of hydrogen-bond acceptors (Lipinski definition) is 4. The molecule has 1 aliphatic rings. The first-order valence-electron chi connectivity index (χ1n) is 8.89. The van der Waals surface area contributed by atoms with Gasteiger partial charge in [0, 0.05) is 24.2 Å². The number of carbonyl (C=O) groups excluding carboxylic acids is 1. The average Bonchev–Trinajstić information content (AvgIpc) is 3.33. The van der Waals surface area contributed by atoms with Gasteiger partial charge in [0.05, 0.1) is 10.6 Å². The van der Waals surface area contributed by atoms with Crippen molar-refractivity contribution in [3.8, 4) is 5.69 Å². The summed E-state index contributed by atoms with van der Waals surface area (Å²) >= 11 is 1.44. The first-order chi connectivity index (χ1) is 12.7. The van der Waals surface area contributed by atoms with Gasteiger partial charge < -0.3 is 10.2 Å². The van der Waals surface area contributed by atoms with Crippen LogP contribution in [-0.2, 0) is 0 Å². The minimum atomic E-state index is -0.0938. The van der Waals surface area contributed by atoms with Crippen LogP contribution in [0.2, 0.25) is 0 Å². The first-order valence-corrected chi connectivity index (χ1v) is 9.77. The van der Waals surface area contributed by atoms with E-state index in [9.17, 15) is 4.79 Å². The largest absolute Gasteiger partial charge is 0.306 e. The zero-order chi connectivity index (χ0) is 17.9. The molecule has 1 aromatic carbocycles. The molecule has 0 radical (unpaired) electrons. The molecule has 5 nitrogen and oxygen atoms in total. The number of aromatic nitrogens is 2. The number of carbonyl (C=O) groups is 1. The third-order valence-electron chi connectivity index (χ3n) is 4.80. The van der Waals surface area contributed by atoms with Gasteiger partial charge in [-0.2, -0.15) is 0 Å². The minimum absolute atomic E-state index is 0.0938. The van der Waals surface area contributed by atoms with Gasteiger partial charge >= 0.3 is 0 Å². The number of nitrogens with zero attached hydrogens (tertiary/aromatic N) is 3. The lowest BCUT2D eigenvalue weighted by molar-refractivity contribution is 0.103. The Morgan fingerprint density at radius 2 is 2.08 bits per heavy atom. The van der Waals surface area contributed by atoms with E-state index in [-0.39, 0.29) is 5.91 Å². The quantitative estimate of drug-likeness (QED) is 0.759. The highest BCUT2D eigenvalue weighted by Gasteiger charge is 2.25. The lowest BCUT2D eigenvalue weighted by atomic mass is 9.92. The molecule has 1 N–H and O–H groups in total. The van der Waals surface area contributed by atoms with Crippen LogP contribution in [-0.4, -0.2) is 40.7 Å². The van der Waals surface area contributed by atoms with Crippen molar-refractivity contribution in [1.29, 1.82) is 0 Å². The third-order valence-corrected chi connectivity index (χ3v) is 5.67. The van der Waals surface area contributed by atoms with Crippen LogP contribution in [0.1, 0.15) is 34.0 Å². The number of rotatable bonds is 4. The van der Waals surface area contributed by atoms with Gasteiger partial charge in [0.25, 0.3) is 5.91 Å². The number of likely N-dealkylation sites (tertiary alicyclic amines) is 1. The van der Waals surface area contributed by atoms with E-state index in [0.717, 1.165) is 37.2 Å². The molecule has 1 aliphatic heterocycles. The van der Waals surface area contributed by atoms with E-state index in [1.807, 2.05) is 52.5 Å². The number of para-hydroxylation sites is 1. The smallest absolute Gasteiger partial charge is 0.266 e. The van der Waals surface area contributed by atoms with Crippen LogP contribution in [0.15, 0.2) is 54.0 Å². The Hall–Kier alpha value is -2.44. The fourth-order valence-electron chi connectivity index (χ4n) is 3.49. The van der Waals surface area contributed by atoms with Crippen molar-refractivity contribution in [3.63, 3.8) is 0 Å². The second kappa shape index (κ2) is 7.43. The van der Waals surface area contributed by atoms with Crippen molar-refractivity contribution in [1.82, 2.24) is 14.7 Å². The fraction of sp³-hybridized carbons (Fsp3) is 0.300.